The Bertz CT molecular complexity index is 226. The summed E-state index contributed by atoms with van der Waals surface area (Å²) in [6, 6.07) is 2.21. The third kappa shape index (κ3) is 3.28. The zero-order chi connectivity index (χ0) is 10.8. The smallest absolute Gasteiger partial charge is 0.106 e. The van der Waals surface area contributed by atoms with Crippen LogP contribution in [0.1, 0.15) is 33.6 Å². The number of nitrogens with two attached hydrogens (primary N) is 1. The molecule has 0 aliphatic carbocycles. The molecule has 1 rings (SSSR count). The first-order valence-electron chi connectivity index (χ1n) is 5.27. The first kappa shape index (κ1) is 11.5. The van der Waals surface area contributed by atoms with E-state index in [2.05, 4.69) is 31.7 Å². The summed E-state index contributed by atoms with van der Waals surface area (Å²) in [6.07, 6.45) is 1.61. The third-order valence-corrected chi connectivity index (χ3v) is 2.67. The maximum absolute atomic E-state index is 8.88. The van der Waals surface area contributed by atoms with Crippen molar-refractivity contribution in [3.63, 3.8) is 0 Å². The quantitative estimate of drug-likeness (QED) is 0.687. The zero-order valence-electron chi connectivity index (χ0n) is 9.51. The Morgan fingerprint density at radius 2 is 1.86 bits per heavy atom. The molecule has 0 aromatic rings. The fourth-order valence-electron chi connectivity index (χ4n) is 1.89. The van der Waals surface area contributed by atoms with E-state index in [9.17, 15) is 0 Å². The largest absolute Gasteiger partial charge is 0.313 e. The fourth-order valence-corrected chi connectivity index (χ4v) is 1.89. The van der Waals surface area contributed by atoms with Crippen molar-refractivity contribution in [3.8, 4) is 6.07 Å². The van der Waals surface area contributed by atoms with Crippen LogP contribution in [0.15, 0.2) is 0 Å². The van der Waals surface area contributed by atoms with Gasteiger partial charge >= 0.3 is 0 Å². The van der Waals surface area contributed by atoms with E-state index >= 15 is 0 Å². The van der Waals surface area contributed by atoms with E-state index in [4.69, 9.17) is 11.0 Å². The molecule has 0 atom stereocenters. The molecule has 2 N–H and O–H groups in total. The van der Waals surface area contributed by atoms with Crippen molar-refractivity contribution in [3.05, 3.63) is 0 Å². The molecule has 0 aromatic carbocycles. The van der Waals surface area contributed by atoms with Crippen molar-refractivity contribution >= 4 is 0 Å². The highest BCUT2D eigenvalue weighted by Gasteiger charge is 2.31. The van der Waals surface area contributed by atoms with Crippen molar-refractivity contribution in [1.29, 1.82) is 5.26 Å². The fraction of sp³-hybridized carbons (Fsp3) is 0.909. The van der Waals surface area contributed by atoms with Crippen LogP contribution in [0, 0.1) is 16.7 Å². The van der Waals surface area contributed by atoms with Gasteiger partial charge in [0.2, 0.25) is 0 Å². The molecule has 1 aliphatic rings. The van der Waals surface area contributed by atoms with E-state index in [0.717, 1.165) is 32.5 Å². The molecule has 1 heterocycles. The maximum atomic E-state index is 8.88. The van der Waals surface area contributed by atoms with Crippen molar-refractivity contribution in [1.82, 2.24) is 4.90 Å². The molecule has 0 amide bonds. The second kappa shape index (κ2) is 3.88. The lowest BCUT2D eigenvalue weighted by Crippen LogP contribution is -2.50. The van der Waals surface area contributed by atoms with E-state index in [1.54, 1.807) is 0 Å². The summed E-state index contributed by atoms with van der Waals surface area (Å²) in [4.78, 5) is 2.41. The SMILES string of the molecule is CC(C)(C)CN1CCC(N)(C#N)CC1. The van der Waals surface area contributed by atoms with Gasteiger partial charge in [0.05, 0.1) is 6.07 Å². The van der Waals surface area contributed by atoms with Crippen LogP contribution in [0.5, 0.6) is 0 Å². The van der Waals surface area contributed by atoms with Gasteiger partial charge in [-0.25, -0.2) is 0 Å². The number of nitriles is 1. The Balaban J connectivity index is 2.41. The van der Waals surface area contributed by atoms with Crippen molar-refractivity contribution in [2.75, 3.05) is 19.6 Å². The number of piperidine rings is 1. The van der Waals surface area contributed by atoms with Gasteiger partial charge in [-0.3, -0.25) is 0 Å². The van der Waals surface area contributed by atoms with E-state index in [-0.39, 0.29) is 0 Å². The first-order chi connectivity index (χ1) is 6.35. The molecule has 0 radical (unpaired) electrons. The van der Waals surface area contributed by atoms with E-state index < -0.39 is 5.54 Å². The van der Waals surface area contributed by atoms with Gasteiger partial charge in [-0.15, -0.1) is 0 Å². The van der Waals surface area contributed by atoms with Crippen LogP contribution in [0.2, 0.25) is 0 Å². The van der Waals surface area contributed by atoms with Gasteiger partial charge in [0, 0.05) is 19.6 Å². The molecule has 1 fully saturated rings. The molecule has 0 spiro atoms. The molecule has 3 heteroatoms. The minimum absolute atomic E-state index is 0.335. The lowest BCUT2D eigenvalue weighted by atomic mass is 9.88. The molecule has 0 bridgehead atoms. The van der Waals surface area contributed by atoms with Gasteiger partial charge in [0.25, 0.3) is 0 Å². The number of hydrogen-bond acceptors (Lipinski definition) is 3. The topological polar surface area (TPSA) is 53.0 Å². The maximum Gasteiger partial charge on any atom is 0.106 e. The standard InChI is InChI=1S/C11H21N3/c1-10(2,3)9-14-6-4-11(13,8-12)5-7-14/h4-7,9,13H2,1-3H3. The molecule has 1 saturated heterocycles. The second-order valence-electron chi connectivity index (χ2n) is 5.60. The number of likely N-dealkylation sites (tertiary alicyclic amines) is 1. The van der Waals surface area contributed by atoms with E-state index in [1.165, 1.54) is 0 Å². The Morgan fingerprint density at radius 3 is 2.21 bits per heavy atom. The van der Waals surface area contributed by atoms with Crippen molar-refractivity contribution in [2.24, 2.45) is 11.1 Å². The van der Waals surface area contributed by atoms with E-state index in [1.807, 2.05) is 0 Å². The monoisotopic (exact) mass is 195 g/mol. The summed E-state index contributed by atoms with van der Waals surface area (Å²) in [5.41, 5.74) is 5.67. The highest BCUT2D eigenvalue weighted by molar-refractivity contribution is 5.07. The predicted molar refractivity (Wildman–Crippen MR) is 57.7 cm³/mol. The normalized spacial score (nSPS) is 23.1. The number of nitrogens with zero attached hydrogens (tertiary/aromatic N) is 2. The van der Waals surface area contributed by atoms with Crippen LogP contribution in [-0.4, -0.2) is 30.1 Å². The van der Waals surface area contributed by atoms with Crippen molar-refractivity contribution in [2.45, 2.75) is 39.2 Å². The van der Waals surface area contributed by atoms with Gasteiger partial charge in [-0.2, -0.15) is 5.26 Å². The molecular weight excluding hydrogens is 174 g/mol. The second-order valence-corrected chi connectivity index (χ2v) is 5.60. The summed E-state index contributed by atoms with van der Waals surface area (Å²) < 4.78 is 0. The van der Waals surface area contributed by atoms with Crippen LogP contribution in [0.4, 0.5) is 0 Å². The minimum Gasteiger partial charge on any atom is -0.313 e. The summed E-state index contributed by atoms with van der Waals surface area (Å²) in [5.74, 6) is 0. The number of rotatable bonds is 1. The third-order valence-electron chi connectivity index (χ3n) is 2.67. The van der Waals surface area contributed by atoms with Gasteiger partial charge in [0.15, 0.2) is 0 Å². The molecular formula is C11H21N3. The Morgan fingerprint density at radius 1 is 1.36 bits per heavy atom. The van der Waals surface area contributed by atoms with Crippen LogP contribution >= 0.6 is 0 Å². The molecule has 0 saturated carbocycles. The highest BCUT2D eigenvalue weighted by atomic mass is 15.1. The van der Waals surface area contributed by atoms with Gasteiger partial charge in [-0.05, 0) is 18.3 Å². The summed E-state index contributed by atoms with van der Waals surface area (Å²) in [6.45, 7) is 9.72. The molecule has 3 nitrogen and oxygen atoms in total. The predicted octanol–water partition coefficient (Wildman–Crippen LogP) is 1.35. The van der Waals surface area contributed by atoms with Crippen LogP contribution in [0.3, 0.4) is 0 Å². The van der Waals surface area contributed by atoms with E-state index in [0.29, 0.717) is 5.41 Å². The summed E-state index contributed by atoms with van der Waals surface area (Å²) in [5, 5.41) is 8.88. The molecule has 80 valence electrons. The average Bonchev–Trinajstić information content (AvgIpc) is 2.07. The van der Waals surface area contributed by atoms with Crippen LogP contribution in [0.25, 0.3) is 0 Å². The molecule has 0 aromatic heterocycles. The molecule has 1 aliphatic heterocycles. The number of hydrogen-bond donors (Lipinski definition) is 1. The summed E-state index contributed by atoms with van der Waals surface area (Å²) >= 11 is 0. The summed E-state index contributed by atoms with van der Waals surface area (Å²) in [7, 11) is 0. The van der Waals surface area contributed by atoms with Crippen LogP contribution < -0.4 is 5.73 Å². The van der Waals surface area contributed by atoms with Gasteiger partial charge < -0.3 is 10.6 Å². The lowest BCUT2D eigenvalue weighted by Gasteiger charge is -2.37. The van der Waals surface area contributed by atoms with Crippen LogP contribution in [-0.2, 0) is 0 Å². The first-order valence-corrected chi connectivity index (χ1v) is 5.27. The Hall–Kier alpha value is -0.590. The lowest BCUT2D eigenvalue weighted by molar-refractivity contribution is 0.139. The molecule has 14 heavy (non-hydrogen) atoms. The minimum atomic E-state index is -0.561. The highest BCUT2D eigenvalue weighted by Crippen LogP contribution is 2.22. The van der Waals surface area contributed by atoms with Gasteiger partial charge in [0.1, 0.15) is 5.54 Å². The van der Waals surface area contributed by atoms with Gasteiger partial charge in [-0.1, -0.05) is 20.8 Å². The van der Waals surface area contributed by atoms with Crippen molar-refractivity contribution < 1.29 is 0 Å². The Labute approximate surface area is 86.9 Å². The molecule has 0 unspecified atom stereocenters. The zero-order valence-corrected chi connectivity index (χ0v) is 9.51. The Kier molecular flexibility index (Phi) is 3.18. The average molecular weight is 195 g/mol.